The van der Waals surface area contributed by atoms with Gasteiger partial charge in [-0.15, -0.1) is 0 Å². The summed E-state index contributed by atoms with van der Waals surface area (Å²) in [4.78, 5) is 2.37. The molecule has 3 nitrogen and oxygen atoms in total. The smallest absolute Gasteiger partial charge is 0.123 e. The van der Waals surface area contributed by atoms with Gasteiger partial charge in [0.05, 0.1) is 19.3 Å². The number of likely N-dealkylation sites (tertiary alicyclic amines) is 1. The van der Waals surface area contributed by atoms with Crippen LogP contribution in [0, 0.1) is 12.7 Å². The highest BCUT2D eigenvalue weighted by Gasteiger charge is 2.19. The maximum atomic E-state index is 13.0. The zero-order chi connectivity index (χ0) is 13.7. The molecule has 1 saturated heterocycles. The fraction of sp³-hybridized carbons (Fsp3) is 0.600. The Morgan fingerprint density at radius 2 is 2.11 bits per heavy atom. The van der Waals surface area contributed by atoms with Crippen LogP contribution in [0.15, 0.2) is 18.2 Å². The molecule has 1 N–H and O–H groups in total. The number of aryl methyl sites for hydroxylation is 1. The summed E-state index contributed by atoms with van der Waals surface area (Å²) in [6.07, 6.45) is 2.28. The molecule has 0 unspecified atom stereocenters. The van der Waals surface area contributed by atoms with Crippen LogP contribution in [0.3, 0.4) is 0 Å². The standard InChI is InChI=1S/C15H22FNO2/c1-12-10-14(16)3-2-13(12)11-17-6-4-15(5-7-17)19-9-8-18/h2-3,10,15,18H,4-9,11H2,1H3. The zero-order valence-electron chi connectivity index (χ0n) is 11.4. The van der Waals surface area contributed by atoms with E-state index in [0.717, 1.165) is 38.0 Å². The minimum absolute atomic E-state index is 0.0923. The Morgan fingerprint density at radius 1 is 1.37 bits per heavy atom. The summed E-state index contributed by atoms with van der Waals surface area (Å²) < 4.78 is 18.6. The van der Waals surface area contributed by atoms with Crippen molar-refractivity contribution in [2.45, 2.75) is 32.4 Å². The normalized spacial score (nSPS) is 17.8. The van der Waals surface area contributed by atoms with E-state index in [1.807, 2.05) is 13.0 Å². The number of aliphatic hydroxyl groups is 1. The molecule has 2 rings (SSSR count). The Kier molecular flexibility index (Phi) is 5.31. The molecular weight excluding hydrogens is 245 g/mol. The average molecular weight is 267 g/mol. The van der Waals surface area contributed by atoms with E-state index in [9.17, 15) is 4.39 Å². The van der Waals surface area contributed by atoms with Crippen LogP contribution in [0.5, 0.6) is 0 Å². The van der Waals surface area contributed by atoms with Gasteiger partial charge in [0.15, 0.2) is 0 Å². The van der Waals surface area contributed by atoms with Crippen molar-refractivity contribution in [3.05, 3.63) is 35.1 Å². The number of benzene rings is 1. The third kappa shape index (κ3) is 4.27. The van der Waals surface area contributed by atoms with E-state index in [4.69, 9.17) is 9.84 Å². The number of rotatable bonds is 5. The van der Waals surface area contributed by atoms with Gasteiger partial charge in [-0.3, -0.25) is 4.90 Å². The first-order valence-electron chi connectivity index (χ1n) is 6.89. The third-order valence-corrected chi connectivity index (χ3v) is 3.68. The quantitative estimate of drug-likeness (QED) is 0.887. The zero-order valence-corrected chi connectivity index (χ0v) is 11.4. The largest absolute Gasteiger partial charge is 0.394 e. The van der Waals surface area contributed by atoms with Gasteiger partial charge in [-0.25, -0.2) is 4.39 Å². The van der Waals surface area contributed by atoms with Crippen molar-refractivity contribution < 1.29 is 14.2 Å². The predicted molar refractivity (Wildman–Crippen MR) is 72.5 cm³/mol. The highest BCUT2D eigenvalue weighted by Crippen LogP contribution is 2.18. The van der Waals surface area contributed by atoms with Crippen LogP contribution in [0.2, 0.25) is 0 Å². The van der Waals surface area contributed by atoms with Crippen LogP contribution in [0.25, 0.3) is 0 Å². The summed E-state index contributed by atoms with van der Waals surface area (Å²) in [7, 11) is 0. The van der Waals surface area contributed by atoms with E-state index in [-0.39, 0.29) is 18.5 Å². The molecule has 4 heteroatoms. The number of ether oxygens (including phenoxy) is 1. The lowest BCUT2D eigenvalue weighted by molar-refractivity contribution is -0.00903. The maximum absolute atomic E-state index is 13.0. The molecule has 1 aliphatic heterocycles. The lowest BCUT2D eigenvalue weighted by Crippen LogP contribution is -2.37. The molecule has 106 valence electrons. The molecule has 1 fully saturated rings. The molecule has 0 spiro atoms. The number of nitrogens with zero attached hydrogens (tertiary/aromatic N) is 1. The van der Waals surface area contributed by atoms with E-state index >= 15 is 0 Å². The summed E-state index contributed by atoms with van der Waals surface area (Å²) in [5, 5.41) is 8.73. The Morgan fingerprint density at radius 3 is 2.74 bits per heavy atom. The maximum Gasteiger partial charge on any atom is 0.123 e. The Bertz CT molecular complexity index is 403. The van der Waals surface area contributed by atoms with Gasteiger partial charge in [0.1, 0.15) is 5.82 Å². The van der Waals surface area contributed by atoms with Gasteiger partial charge in [-0.05, 0) is 43.0 Å². The molecule has 1 aromatic carbocycles. The van der Waals surface area contributed by atoms with Gasteiger partial charge in [-0.2, -0.15) is 0 Å². The van der Waals surface area contributed by atoms with Crippen LogP contribution < -0.4 is 0 Å². The van der Waals surface area contributed by atoms with Crippen molar-refractivity contribution >= 4 is 0 Å². The third-order valence-electron chi connectivity index (χ3n) is 3.68. The van der Waals surface area contributed by atoms with Crippen LogP contribution in [-0.4, -0.2) is 42.4 Å². The van der Waals surface area contributed by atoms with E-state index in [1.165, 1.54) is 11.6 Å². The van der Waals surface area contributed by atoms with Gasteiger partial charge >= 0.3 is 0 Å². The number of hydrogen-bond donors (Lipinski definition) is 1. The first-order chi connectivity index (χ1) is 9.19. The van der Waals surface area contributed by atoms with Crippen molar-refractivity contribution in [2.24, 2.45) is 0 Å². The fourth-order valence-electron chi connectivity index (χ4n) is 2.53. The lowest BCUT2D eigenvalue weighted by Gasteiger charge is -2.32. The second-order valence-corrected chi connectivity index (χ2v) is 5.14. The van der Waals surface area contributed by atoms with Gasteiger partial charge in [0.2, 0.25) is 0 Å². The summed E-state index contributed by atoms with van der Waals surface area (Å²) in [5.74, 6) is -0.169. The Labute approximate surface area is 114 Å². The van der Waals surface area contributed by atoms with Gasteiger partial charge < -0.3 is 9.84 Å². The molecule has 0 radical (unpaired) electrons. The molecular formula is C15H22FNO2. The number of halogens is 1. The van der Waals surface area contributed by atoms with Crippen molar-refractivity contribution in [3.63, 3.8) is 0 Å². The molecule has 1 heterocycles. The molecule has 1 aliphatic rings. The number of piperidine rings is 1. The summed E-state index contributed by atoms with van der Waals surface area (Å²) in [6.45, 7) is 5.34. The molecule has 1 aromatic rings. The van der Waals surface area contributed by atoms with E-state index in [0.29, 0.717) is 6.61 Å². The van der Waals surface area contributed by atoms with Gasteiger partial charge in [-0.1, -0.05) is 6.07 Å². The van der Waals surface area contributed by atoms with Crippen molar-refractivity contribution in [1.29, 1.82) is 0 Å². The minimum Gasteiger partial charge on any atom is -0.394 e. The number of aliphatic hydroxyl groups excluding tert-OH is 1. The van der Waals surface area contributed by atoms with E-state index < -0.39 is 0 Å². The van der Waals surface area contributed by atoms with Gasteiger partial charge in [0.25, 0.3) is 0 Å². The highest BCUT2D eigenvalue weighted by atomic mass is 19.1. The second-order valence-electron chi connectivity index (χ2n) is 5.14. The summed E-state index contributed by atoms with van der Waals surface area (Å²) in [5.41, 5.74) is 2.20. The van der Waals surface area contributed by atoms with E-state index in [1.54, 1.807) is 6.07 Å². The molecule has 0 amide bonds. The summed E-state index contributed by atoms with van der Waals surface area (Å²) in [6, 6.07) is 4.99. The van der Waals surface area contributed by atoms with Crippen molar-refractivity contribution in [3.8, 4) is 0 Å². The Balaban J connectivity index is 1.82. The van der Waals surface area contributed by atoms with E-state index in [2.05, 4.69) is 4.90 Å². The highest BCUT2D eigenvalue weighted by molar-refractivity contribution is 5.26. The van der Waals surface area contributed by atoms with Crippen LogP contribution in [0.1, 0.15) is 24.0 Å². The van der Waals surface area contributed by atoms with Crippen molar-refractivity contribution in [2.75, 3.05) is 26.3 Å². The first-order valence-corrected chi connectivity index (χ1v) is 6.89. The SMILES string of the molecule is Cc1cc(F)ccc1CN1CCC(OCCO)CC1. The summed E-state index contributed by atoms with van der Waals surface area (Å²) >= 11 is 0. The fourth-order valence-corrected chi connectivity index (χ4v) is 2.53. The van der Waals surface area contributed by atoms with Crippen LogP contribution >= 0.6 is 0 Å². The minimum atomic E-state index is -0.169. The average Bonchev–Trinajstić information content (AvgIpc) is 2.41. The predicted octanol–water partition coefficient (Wildman–Crippen LogP) is 2.11. The molecule has 0 atom stereocenters. The molecule has 0 aliphatic carbocycles. The lowest BCUT2D eigenvalue weighted by atomic mass is 10.0. The van der Waals surface area contributed by atoms with Gasteiger partial charge in [0, 0.05) is 19.6 Å². The topological polar surface area (TPSA) is 32.7 Å². The van der Waals surface area contributed by atoms with Crippen LogP contribution in [-0.2, 0) is 11.3 Å². The van der Waals surface area contributed by atoms with Crippen LogP contribution in [0.4, 0.5) is 4.39 Å². The Hall–Kier alpha value is -0.970. The first kappa shape index (κ1) is 14.4. The number of hydrogen-bond acceptors (Lipinski definition) is 3. The van der Waals surface area contributed by atoms with Crippen molar-refractivity contribution in [1.82, 2.24) is 4.90 Å². The monoisotopic (exact) mass is 267 g/mol. The molecule has 0 saturated carbocycles. The molecule has 19 heavy (non-hydrogen) atoms. The second kappa shape index (κ2) is 6.98. The molecule has 0 aromatic heterocycles. The molecule has 0 bridgehead atoms.